The van der Waals surface area contributed by atoms with Crippen LogP contribution in [0.15, 0.2) is 12.3 Å². The Morgan fingerprint density at radius 1 is 1.38 bits per heavy atom. The molecule has 13 heavy (non-hydrogen) atoms. The maximum Gasteiger partial charge on any atom is 0.201 e. The van der Waals surface area contributed by atoms with Crippen LogP contribution in [0.1, 0.15) is 18.4 Å². The molecule has 5 heteroatoms. The zero-order chi connectivity index (χ0) is 8.89. The van der Waals surface area contributed by atoms with E-state index < -0.39 is 0 Å². The van der Waals surface area contributed by atoms with E-state index in [1.165, 1.54) is 0 Å². The molecule has 2 heterocycles. The van der Waals surface area contributed by atoms with Gasteiger partial charge in [0.25, 0.3) is 0 Å². The number of nitrogens with one attached hydrogen (secondary N) is 1. The van der Waals surface area contributed by atoms with Crippen molar-refractivity contribution in [2.75, 3.05) is 0 Å². The van der Waals surface area contributed by atoms with Crippen molar-refractivity contribution in [2.45, 2.75) is 18.4 Å². The van der Waals surface area contributed by atoms with Gasteiger partial charge in [0.05, 0.1) is 0 Å². The van der Waals surface area contributed by atoms with Crippen molar-refractivity contribution >= 4 is 11.2 Å². The smallest absolute Gasteiger partial charge is 0.201 e. The Bertz CT molecular complexity index is 456. The molecule has 0 spiro atoms. The van der Waals surface area contributed by atoms with Crippen molar-refractivity contribution in [3.8, 4) is 0 Å². The predicted molar refractivity (Wildman–Crippen MR) is 46.8 cm³/mol. The van der Waals surface area contributed by atoms with Gasteiger partial charge < -0.3 is 5.73 Å². The van der Waals surface area contributed by atoms with E-state index in [0.29, 0.717) is 5.65 Å². The minimum Gasteiger partial charge on any atom is -0.321 e. The molecule has 5 nitrogen and oxygen atoms in total. The Morgan fingerprint density at radius 3 is 3.00 bits per heavy atom. The average molecular weight is 175 g/mol. The summed E-state index contributed by atoms with van der Waals surface area (Å²) in [6, 6.07) is 1.96. The van der Waals surface area contributed by atoms with Crippen molar-refractivity contribution in [3.63, 3.8) is 0 Å². The molecule has 0 amide bonds. The van der Waals surface area contributed by atoms with Crippen LogP contribution < -0.4 is 5.73 Å². The summed E-state index contributed by atoms with van der Waals surface area (Å²) in [7, 11) is 0. The highest BCUT2D eigenvalue weighted by Gasteiger charge is 2.40. The summed E-state index contributed by atoms with van der Waals surface area (Å²) >= 11 is 0. The van der Waals surface area contributed by atoms with Crippen LogP contribution in [-0.4, -0.2) is 20.4 Å². The SMILES string of the molecule is NC1(c2cnc3n[nH]nc3c2)CC1. The highest BCUT2D eigenvalue weighted by molar-refractivity contribution is 5.69. The fraction of sp³-hybridized carbons (Fsp3) is 0.375. The second-order valence-corrected chi connectivity index (χ2v) is 3.55. The van der Waals surface area contributed by atoms with Gasteiger partial charge in [-0.25, -0.2) is 4.98 Å². The molecule has 3 N–H and O–H groups in total. The second kappa shape index (κ2) is 2.05. The van der Waals surface area contributed by atoms with Crippen LogP contribution in [0.3, 0.4) is 0 Å². The first kappa shape index (κ1) is 6.97. The number of nitrogens with zero attached hydrogens (tertiary/aromatic N) is 3. The Balaban J connectivity index is 2.20. The van der Waals surface area contributed by atoms with E-state index in [-0.39, 0.29) is 5.54 Å². The number of rotatable bonds is 1. The zero-order valence-electron chi connectivity index (χ0n) is 6.99. The molecular weight excluding hydrogens is 166 g/mol. The Labute approximate surface area is 74.3 Å². The van der Waals surface area contributed by atoms with Gasteiger partial charge >= 0.3 is 0 Å². The maximum absolute atomic E-state index is 6.03. The third kappa shape index (κ3) is 0.936. The first-order valence-electron chi connectivity index (χ1n) is 4.24. The van der Waals surface area contributed by atoms with Gasteiger partial charge in [0.2, 0.25) is 5.65 Å². The molecule has 1 saturated carbocycles. The predicted octanol–water partition coefficient (Wildman–Crippen LogP) is 0.301. The molecule has 0 unspecified atom stereocenters. The van der Waals surface area contributed by atoms with E-state index in [1.807, 2.05) is 6.07 Å². The number of nitrogens with two attached hydrogens (primary N) is 1. The van der Waals surface area contributed by atoms with Crippen molar-refractivity contribution in [2.24, 2.45) is 5.73 Å². The summed E-state index contributed by atoms with van der Waals surface area (Å²) in [5.41, 5.74) is 8.39. The van der Waals surface area contributed by atoms with Crippen LogP contribution in [0, 0.1) is 0 Å². The maximum atomic E-state index is 6.03. The van der Waals surface area contributed by atoms with Crippen LogP contribution in [0.5, 0.6) is 0 Å². The van der Waals surface area contributed by atoms with Gasteiger partial charge in [-0.3, -0.25) is 0 Å². The van der Waals surface area contributed by atoms with E-state index in [4.69, 9.17) is 5.73 Å². The van der Waals surface area contributed by atoms with Gasteiger partial charge in [-0.2, -0.15) is 10.3 Å². The highest BCUT2D eigenvalue weighted by atomic mass is 15.3. The summed E-state index contributed by atoms with van der Waals surface area (Å²) in [4.78, 5) is 4.16. The summed E-state index contributed by atoms with van der Waals surface area (Å²) in [5.74, 6) is 0. The van der Waals surface area contributed by atoms with Gasteiger partial charge in [0.1, 0.15) is 5.52 Å². The molecule has 0 atom stereocenters. The summed E-state index contributed by atoms with van der Waals surface area (Å²) < 4.78 is 0. The van der Waals surface area contributed by atoms with Gasteiger partial charge in [-0.1, -0.05) is 0 Å². The normalized spacial score (nSPS) is 19.2. The quantitative estimate of drug-likeness (QED) is 0.653. The number of hydrogen-bond donors (Lipinski definition) is 2. The molecule has 0 aliphatic heterocycles. The van der Waals surface area contributed by atoms with Gasteiger partial charge in [-0.05, 0) is 24.5 Å². The number of fused-ring (bicyclic) bond motifs is 1. The standard InChI is InChI=1S/C8H9N5/c9-8(1-2-8)5-3-6-7(10-4-5)12-13-11-6/h3-4H,1-2,9H2,(H,10,11,12,13). The lowest BCUT2D eigenvalue weighted by molar-refractivity contribution is 0.737. The molecule has 0 bridgehead atoms. The van der Waals surface area contributed by atoms with Crippen molar-refractivity contribution in [1.29, 1.82) is 0 Å². The van der Waals surface area contributed by atoms with Crippen LogP contribution in [0.4, 0.5) is 0 Å². The Hall–Kier alpha value is -1.49. The number of H-pyrrole nitrogens is 1. The van der Waals surface area contributed by atoms with Gasteiger partial charge in [0.15, 0.2) is 0 Å². The second-order valence-electron chi connectivity index (χ2n) is 3.55. The first-order chi connectivity index (χ1) is 6.28. The monoisotopic (exact) mass is 175 g/mol. The average Bonchev–Trinajstić information content (AvgIpc) is 2.74. The molecule has 1 fully saturated rings. The van der Waals surface area contributed by atoms with E-state index >= 15 is 0 Å². The first-order valence-corrected chi connectivity index (χ1v) is 4.24. The van der Waals surface area contributed by atoms with E-state index in [0.717, 1.165) is 23.9 Å². The lowest BCUT2D eigenvalue weighted by atomic mass is 10.1. The largest absolute Gasteiger partial charge is 0.321 e. The minimum atomic E-state index is -0.139. The van der Waals surface area contributed by atoms with Crippen LogP contribution in [0.2, 0.25) is 0 Å². The minimum absolute atomic E-state index is 0.139. The van der Waals surface area contributed by atoms with E-state index in [9.17, 15) is 0 Å². The fourth-order valence-electron chi connectivity index (χ4n) is 1.44. The van der Waals surface area contributed by atoms with Crippen molar-refractivity contribution in [3.05, 3.63) is 17.8 Å². The third-order valence-corrected chi connectivity index (χ3v) is 2.54. The Morgan fingerprint density at radius 2 is 2.23 bits per heavy atom. The highest BCUT2D eigenvalue weighted by Crippen LogP contribution is 2.42. The molecule has 1 aliphatic carbocycles. The third-order valence-electron chi connectivity index (χ3n) is 2.54. The molecule has 3 rings (SSSR count). The lowest BCUT2D eigenvalue weighted by Gasteiger charge is -2.06. The zero-order valence-corrected chi connectivity index (χ0v) is 6.99. The molecule has 1 aliphatic rings. The molecular formula is C8H9N5. The van der Waals surface area contributed by atoms with Crippen LogP contribution in [-0.2, 0) is 5.54 Å². The molecule has 66 valence electrons. The molecule has 0 saturated heterocycles. The number of aromatic amines is 1. The fourth-order valence-corrected chi connectivity index (χ4v) is 1.44. The molecule has 0 aromatic carbocycles. The van der Waals surface area contributed by atoms with Gasteiger partial charge in [0, 0.05) is 11.7 Å². The van der Waals surface area contributed by atoms with E-state index in [2.05, 4.69) is 20.4 Å². The van der Waals surface area contributed by atoms with Crippen LogP contribution in [0.25, 0.3) is 11.2 Å². The van der Waals surface area contributed by atoms with Crippen molar-refractivity contribution < 1.29 is 0 Å². The molecule has 0 radical (unpaired) electrons. The van der Waals surface area contributed by atoms with Gasteiger partial charge in [-0.15, -0.1) is 5.10 Å². The Kier molecular flexibility index (Phi) is 1.10. The summed E-state index contributed by atoms with van der Waals surface area (Å²) in [5, 5.41) is 10.4. The summed E-state index contributed by atoms with van der Waals surface area (Å²) in [6.07, 6.45) is 3.87. The topological polar surface area (TPSA) is 80.5 Å². The van der Waals surface area contributed by atoms with E-state index in [1.54, 1.807) is 6.20 Å². The lowest BCUT2D eigenvalue weighted by Crippen LogP contribution is -2.18. The van der Waals surface area contributed by atoms with Crippen molar-refractivity contribution in [1.82, 2.24) is 20.4 Å². The number of aromatic nitrogens is 4. The summed E-state index contributed by atoms with van der Waals surface area (Å²) in [6.45, 7) is 0. The number of pyridine rings is 1. The number of hydrogen-bond acceptors (Lipinski definition) is 4. The van der Waals surface area contributed by atoms with Crippen LogP contribution >= 0.6 is 0 Å². The molecule has 2 aromatic heterocycles. The molecule has 2 aromatic rings.